The van der Waals surface area contributed by atoms with Gasteiger partial charge in [0.05, 0.1) is 0 Å². The van der Waals surface area contributed by atoms with Gasteiger partial charge in [-0.25, -0.2) is 4.39 Å². The molecule has 0 aliphatic heterocycles. The number of aryl methyl sites for hydroxylation is 1. The van der Waals surface area contributed by atoms with Crippen LogP contribution in [0.5, 0.6) is 0 Å². The van der Waals surface area contributed by atoms with Crippen LogP contribution in [0.3, 0.4) is 0 Å². The van der Waals surface area contributed by atoms with E-state index in [4.69, 9.17) is 5.73 Å². The molecule has 0 bridgehead atoms. The summed E-state index contributed by atoms with van der Waals surface area (Å²) in [5.41, 5.74) is 8.31. The van der Waals surface area contributed by atoms with E-state index in [9.17, 15) is 9.18 Å². The second kappa shape index (κ2) is 7.27. The predicted octanol–water partition coefficient (Wildman–Crippen LogP) is 3.43. The Morgan fingerprint density at radius 3 is 2.43 bits per heavy atom. The number of anilines is 1. The van der Waals surface area contributed by atoms with Gasteiger partial charge in [0.2, 0.25) is 5.91 Å². The lowest BCUT2D eigenvalue weighted by Gasteiger charge is -2.25. The number of carbonyl (C=O) groups excluding carboxylic acids is 1. The van der Waals surface area contributed by atoms with Crippen molar-refractivity contribution in [2.24, 2.45) is 0 Å². The summed E-state index contributed by atoms with van der Waals surface area (Å²) >= 11 is 0. The molecule has 0 aliphatic rings. The highest BCUT2D eigenvalue weighted by molar-refractivity contribution is 5.76. The Morgan fingerprint density at radius 1 is 1.13 bits per heavy atom. The van der Waals surface area contributed by atoms with Crippen molar-refractivity contribution < 1.29 is 9.18 Å². The maximum absolute atomic E-state index is 13.0. The molecule has 0 saturated carbocycles. The van der Waals surface area contributed by atoms with Crippen molar-refractivity contribution in [3.63, 3.8) is 0 Å². The molecule has 23 heavy (non-hydrogen) atoms. The molecule has 0 aliphatic carbocycles. The number of amides is 1. The topological polar surface area (TPSA) is 55.1 Å². The second-order valence-corrected chi connectivity index (χ2v) is 6.37. The van der Waals surface area contributed by atoms with Crippen LogP contribution in [0.1, 0.15) is 31.4 Å². The molecule has 3 N–H and O–H groups in total. The third kappa shape index (κ3) is 4.81. The lowest BCUT2D eigenvalue weighted by Crippen LogP contribution is -2.36. The summed E-state index contributed by atoms with van der Waals surface area (Å²) in [6.45, 7) is 4.55. The van der Waals surface area contributed by atoms with E-state index in [1.54, 1.807) is 12.1 Å². The van der Waals surface area contributed by atoms with E-state index in [0.717, 1.165) is 11.1 Å². The molecule has 0 saturated heterocycles. The van der Waals surface area contributed by atoms with Crippen LogP contribution in [0.15, 0.2) is 48.5 Å². The molecule has 0 spiro atoms. The van der Waals surface area contributed by atoms with E-state index >= 15 is 0 Å². The van der Waals surface area contributed by atoms with Gasteiger partial charge in [-0.1, -0.05) is 44.2 Å². The monoisotopic (exact) mass is 314 g/mol. The number of hydrogen-bond acceptors (Lipinski definition) is 2. The predicted molar refractivity (Wildman–Crippen MR) is 91.6 cm³/mol. The van der Waals surface area contributed by atoms with Gasteiger partial charge in [0, 0.05) is 24.1 Å². The molecule has 0 radical (unpaired) electrons. The molecule has 4 heteroatoms. The fourth-order valence-corrected chi connectivity index (χ4v) is 2.42. The quantitative estimate of drug-likeness (QED) is 0.803. The lowest BCUT2D eigenvalue weighted by molar-refractivity contribution is -0.121. The van der Waals surface area contributed by atoms with Crippen LogP contribution < -0.4 is 11.1 Å². The number of nitrogen functional groups attached to an aromatic ring is 1. The molecular weight excluding hydrogens is 291 g/mol. The van der Waals surface area contributed by atoms with Gasteiger partial charge in [0.1, 0.15) is 5.82 Å². The summed E-state index contributed by atoms with van der Waals surface area (Å²) in [5.74, 6) is -0.266. The van der Waals surface area contributed by atoms with Gasteiger partial charge >= 0.3 is 0 Å². The normalized spacial score (nSPS) is 11.3. The van der Waals surface area contributed by atoms with Crippen LogP contribution >= 0.6 is 0 Å². The minimum Gasteiger partial charge on any atom is -0.399 e. The van der Waals surface area contributed by atoms with Crippen LogP contribution in [0.4, 0.5) is 10.1 Å². The number of para-hydroxylation sites is 1. The van der Waals surface area contributed by atoms with Gasteiger partial charge in [0.25, 0.3) is 0 Å². The number of nitrogens with two attached hydrogens (primary N) is 1. The number of nitrogens with one attached hydrogen (secondary N) is 1. The zero-order valence-electron chi connectivity index (χ0n) is 13.6. The molecule has 122 valence electrons. The Bertz CT molecular complexity index is 665. The molecular formula is C19H23FN2O. The highest BCUT2D eigenvalue weighted by Crippen LogP contribution is 2.22. The van der Waals surface area contributed by atoms with Gasteiger partial charge in [-0.3, -0.25) is 4.79 Å². The first-order valence-corrected chi connectivity index (χ1v) is 7.74. The van der Waals surface area contributed by atoms with Crippen molar-refractivity contribution in [3.05, 3.63) is 65.5 Å². The minimum absolute atomic E-state index is 0.0107. The van der Waals surface area contributed by atoms with Gasteiger partial charge in [-0.15, -0.1) is 0 Å². The average molecular weight is 314 g/mol. The number of benzene rings is 2. The van der Waals surface area contributed by atoms with E-state index < -0.39 is 0 Å². The highest BCUT2D eigenvalue weighted by atomic mass is 19.1. The number of halogens is 1. The first kappa shape index (κ1) is 17.0. The second-order valence-electron chi connectivity index (χ2n) is 6.37. The maximum atomic E-state index is 13.0. The van der Waals surface area contributed by atoms with Crippen molar-refractivity contribution in [1.82, 2.24) is 5.32 Å². The van der Waals surface area contributed by atoms with Crippen molar-refractivity contribution in [3.8, 4) is 0 Å². The summed E-state index contributed by atoms with van der Waals surface area (Å²) in [6, 6.07) is 14.0. The Hall–Kier alpha value is -2.36. The zero-order valence-corrected chi connectivity index (χ0v) is 13.6. The molecule has 0 atom stereocenters. The average Bonchev–Trinajstić information content (AvgIpc) is 2.53. The molecule has 1 amide bonds. The number of rotatable bonds is 6. The van der Waals surface area contributed by atoms with Gasteiger partial charge < -0.3 is 11.1 Å². The summed E-state index contributed by atoms with van der Waals surface area (Å²) in [4.78, 5) is 12.0. The van der Waals surface area contributed by atoms with Crippen molar-refractivity contribution in [2.45, 2.75) is 32.1 Å². The van der Waals surface area contributed by atoms with E-state index in [1.807, 2.05) is 38.1 Å². The summed E-state index contributed by atoms with van der Waals surface area (Å²) in [5, 5.41) is 2.95. The fourth-order valence-electron chi connectivity index (χ4n) is 2.42. The summed E-state index contributed by atoms with van der Waals surface area (Å²) < 4.78 is 13.0. The van der Waals surface area contributed by atoms with Crippen LogP contribution in [-0.2, 0) is 16.6 Å². The van der Waals surface area contributed by atoms with Gasteiger partial charge in [0.15, 0.2) is 0 Å². The van der Waals surface area contributed by atoms with Crippen molar-refractivity contribution in [1.29, 1.82) is 0 Å². The molecule has 2 rings (SSSR count). The molecule has 2 aromatic carbocycles. The third-order valence-electron chi connectivity index (χ3n) is 4.03. The Kier molecular flexibility index (Phi) is 5.37. The first-order chi connectivity index (χ1) is 10.9. The van der Waals surface area contributed by atoms with E-state index in [0.29, 0.717) is 25.1 Å². The van der Waals surface area contributed by atoms with Gasteiger partial charge in [-0.2, -0.15) is 0 Å². The molecule has 3 nitrogen and oxygen atoms in total. The fraction of sp³-hybridized carbons (Fsp3) is 0.316. The third-order valence-corrected chi connectivity index (χ3v) is 4.03. The number of hydrogen-bond donors (Lipinski definition) is 2. The Morgan fingerprint density at radius 2 is 1.78 bits per heavy atom. The molecule has 0 fully saturated rings. The van der Waals surface area contributed by atoms with Crippen molar-refractivity contribution in [2.75, 3.05) is 12.3 Å². The van der Waals surface area contributed by atoms with Crippen LogP contribution in [0.25, 0.3) is 0 Å². The molecule has 0 unspecified atom stereocenters. The SMILES string of the molecule is CC(C)(CNC(=O)CCc1ccccc1N)c1ccc(F)cc1. The smallest absolute Gasteiger partial charge is 0.220 e. The maximum Gasteiger partial charge on any atom is 0.220 e. The van der Waals surface area contributed by atoms with Crippen LogP contribution in [0, 0.1) is 5.82 Å². The molecule has 0 aromatic heterocycles. The minimum atomic E-state index is -0.256. The van der Waals surface area contributed by atoms with Gasteiger partial charge in [-0.05, 0) is 35.7 Å². The summed E-state index contributed by atoms with van der Waals surface area (Å²) in [7, 11) is 0. The first-order valence-electron chi connectivity index (χ1n) is 7.74. The van der Waals surface area contributed by atoms with Crippen LogP contribution in [-0.4, -0.2) is 12.5 Å². The molecule has 0 heterocycles. The largest absolute Gasteiger partial charge is 0.399 e. The Labute approximate surface area is 136 Å². The standard InChI is InChI=1S/C19H23FN2O/c1-19(2,15-8-10-16(20)11-9-15)13-22-18(23)12-7-14-5-3-4-6-17(14)21/h3-6,8-11H,7,12-13,21H2,1-2H3,(H,22,23). The van der Waals surface area contributed by atoms with E-state index in [2.05, 4.69) is 5.32 Å². The Balaban J connectivity index is 1.86. The highest BCUT2D eigenvalue weighted by Gasteiger charge is 2.21. The van der Waals surface area contributed by atoms with Crippen LogP contribution in [0.2, 0.25) is 0 Å². The molecule has 2 aromatic rings. The van der Waals surface area contributed by atoms with E-state index in [-0.39, 0.29) is 17.1 Å². The van der Waals surface area contributed by atoms with Crippen molar-refractivity contribution >= 4 is 11.6 Å². The lowest BCUT2D eigenvalue weighted by atomic mass is 9.84. The van der Waals surface area contributed by atoms with E-state index in [1.165, 1.54) is 12.1 Å². The number of carbonyl (C=O) groups is 1. The zero-order chi connectivity index (χ0) is 16.9. The summed E-state index contributed by atoms with van der Waals surface area (Å²) in [6.07, 6.45) is 1.02.